The number of nitrogens with zero attached hydrogens (tertiary/aromatic N) is 5. The van der Waals surface area contributed by atoms with Gasteiger partial charge >= 0.3 is 0 Å². The lowest BCUT2D eigenvalue weighted by molar-refractivity contribution is 0.380. The summed E-state index contributed by atoms with van der Waals surface area (Å²) in [7, 11) is 4.27. The number of fused-ring (bicyclic) bond motifs is 1. The molecular weight excluding hydrogens is 346 g/mol. The topological polar surface area (TPSA) is 37.2 Å². The standard InChI is InChI=1S/C23H31N5/c1-18-16-22(20-9-4-5-10-21(20)25-18)28-13-6-8-19(17-28)23-24-11-15-27(23)14-7-12-26(2)3/h4-5,9-11,15-16,19H,6-8,12-14,17H2,1-3H3/t19-/m0/s1. The molecule has 0 N–H and O–H groups in total. The lowest BCUT2D eigenvalue weighted by atomic mass is 9.96. The molecule has 5 nitrogen and oxygen atoms in total. The van der Waals surface area contributed by atoms with Crippen molar-refractivity contribution in [2.24, 2.45) is 0 Å². The third kappa shape index (κ3) is 4.04. The number of aryl methyl sites for hydroxylation is 2. The van der Waals surface area contributed by atoms with Crippen molar-refractivity contribution in [3.63, 3.8) is 0 Å². The van der Waals surface area contributed by atoms with Crippen LogP contribution in [0.5, 0.6) is 0 Å². The summed E-state index contributed by atoms with van der Waals surface area (Å²) in [5.74, 6) is 1.73. The SMILES string of the molecule is Cc1cc(N2CCC[C@H](c3nccn3CCCN(C)C)C2)c2ccccc2n1. The predicted molar refractivity (Wildman–Crippen MR) is 116 cm³/mol. The summed E-state index contributed by atoms with van der Waals surface area (Å²) in [6, 6.07) is 10.7. The zero-order chi connectivity index (χ0) is 19.5. The second-order valence-electron chi connectivity index (χ2n) is 8.22. The predicted octanol–water partition coefficient (Wildman–Crippen LogP) is 4.08. The molecule has 0 spiro atoms. The average molecular weight is 378 g/mol. The van der Waals surface area contributed by atoms with Gasteiger partial charge in [0.05, 0.1) is 5.52 Å². The van der Waals surface area contributed by atoms with Crippen LogP contribution in [0, 0.1) is 6.92 Å². The molecule has 1 aliphatic heterocycles. The van der Waals surface area contributed by atoms with Gasteiger partial charge in [0.15, 0.2) is 0 Å². The first-order valence-electron chi connectivity index (χ1n) is 10.4. The Balaban J connectivity index is 1.56. The highest BCUT2D eigenvalue weighted by Crippen LogP contribution is 2.33. The van der Waals surface area contributed by atoms with Gasteiger partial charge in [-0.25, -0.2) is 4.98 Å². The van der Waals surface area contributed by atoms with Crippen molar-refractivity contribution in [3.05, 3.63) is 54.2 Å². The minimum Gasteiger partial charge on any atom is -0.370 e. The summed E-state index contributed by atoms with van der Waals surface area (Å²) in [6.45, 7) is 6.37. The van der Waals surface area contributed by atoms with Gasteiger partial charge < -0.3 is 14.4 Å². The summed E-state index contributed by atoms with van der Waals surface area (Å²) >= 11 is 0. The van der Waals surface area contributed by atoms with Gasteiger partial charge in [0, 0.05) is 54.7 Å². The van der Waals surface area contributed by atoms with E-state index in [2.05, 4.69) is 71.9 Å². The number of aromatic nitrogens is 3. The smallest absolute Gasteiger partial charge is 0.113 e. The monoisotopic (exact) mass is 377 g/mol. The molecule has 0 saturated carbocycles. The number of para-hydroxylation sites is 1. The third-order valence-corrected chi connectivity index (χ3v) is 5.70. The van der Waals surface area contributed by atoms with Crippen molar-refractivity contribution >= 4 is 16.6 Å². The molecule has 1 fully saturated rings. The van der Waals surface area contributed by atoms with E-state index in [0.717, 1.165) is 43.8 Å². The van der Waals surface area contributed by atoms with Crippen LogP contribution in [0.25, 0.3) is 10.9 Å². The number of hydrogen-bond donors (Lipinski definition) is 0. The molecule has 5 heteroatoms. The van der Waals surface area contributed by atoms with Crippen molar-refractivity contribution in [1.82, 2.24) is 19.4 Å². The van der Waals surface area contributed by atoms with Crippen molar-refractivity contribution in [2.75, 3.05) is 38.6 Å². The number of rotatable bonds is 6. The number of pyridine rings is 1. The van der Waals surface area contributed by atoms with Crippen molar-refractivity contribution in [1.29, 1.82) is 0 Å². The fourth-order valence-corrected chi connectivity index (χ4v) is 4.38. The Morgan fingerprint density at radius 3 is 2.93 bits per heavy atom. The van der Waals surface area contributed by atoms with Crippen LogP contribution >= 0.6 is 0 Å². The zero-order valence-corrected chi connectivity index (χ0v) is 17.3. The molecule has 0 amide bonds. The molecule has 3 heterocycles. The van der Waals surface area contributed by atoms with Crippen LogP contribution in [0.15, 0.2) is 42.7 Å². The van der Waals surface area contributed by atoms with Crippen LogP contribution in [-0.2, 0) is 6.54 Å². The quantitative estimate of drug-likeness (QED) is 0.649. The van der Waals surface area contributed by atoms with E-state index >= 15 is 0 Å². The van der Waals surface area contributed by atoms with Crippen molar-refractivity contribution in [3.8, 4) is 0 Å². The van der Waals surface area contributed by atoms with E-state index in [1.807, 2.05) is 6.20 Å². The molecule has 0 aliphatic carbocycles. The van der Waals surface area contributed by atoms with Crippen molar-refractivity contribution in [2.45, 2.75) is 38.6 Å². The highest BCUT2D eigenvalue weighted by Gasteiger charge is 2.26. The molecule has 1 aromatic carbocycles. The van der Waals surface area contributed by atoms with Gasteiger partial charge in [0.1, 0.15) is 5.82 Å². The molecule has 0 bridgehead atoms. The van der Waals surface area contributed by atoms with Crippen LogP contribution in [0.1, 0.15) is 36.7 Å². The van der Waals surface area contributed by atoms with Gasteiger partial charge in [-0.05, 0) is 59.0 Å². The van der Waals surface area contributed by atoms with E-state index in [4.69, 9.17) is 9.97 Å². The van der Waals surface area contributed by atoms with Gasteiger partial charge in [0.25, 0.3) is 0 Å². The first-order chi connectivity index (χ1) is 13.6. The maximum atomic E-state index is 4.76. The Morgan fingerprint density at radius 2 is 2.07 bits per heavy atom. The largest absolute Gasteiger partial charge is 0.370 e. The minimum absolute atomic E-state index is 0.482. The Kier molecular flexibility index (Phi) is 5.62. The fraction of sp³-hybridized carbons (Fsp3) is 0.478. The summed E-state index contributed by atoms with van der Waals surface area (Å²) in [6.07, 6.45) is 7.68. The van der Waals surface area contributed by atoms with E-state index in [-0.39, 0.29) is 0 Å². The Bertz CT molecular complexity index is 930. The highest BCUT2D eigenvalue weighted by molar-refractivity contribution is 5.92. The van der Waals surface area contributed by atoms with E-state index in [9.17, 15) is 0 Å². The second kappa shape index (κ2) is 8.31. The van der Waals surface area contributed by atoms with Gasteiger partial charge in [-0.1, -0.05) is 18.2 Å². The summed E-state index contributed by atoms with van der Waals surface area (Å²) in [4.78, 5) is 14.3. The molecule has 4 rings (SSSR count). The number of benzene rings is 1. The van der Waals surface area contributed by atoms with Crippen LogP contribution in [0.2, 0.25) is 0 Å². The minimum atomic E-state index is 0.482. The first-order valence-corrected chi connectivity index (χ1v) is 10.4. The molecule has 0 radical (unpaired) electrons. The molecule has 3 aromatic rings. The highest BCUT2D eigenvalue weighted by atomic mass is 15.2. The molecule has 1 saturated heterocycles. The maximum absolute atomic E-state index is 4.76. The second-order valence-corrected chi connectivity index (χ2v) is 8.22. The van der Waals surface area contributed by atoms with E-state index in [1.54, 1.807) is 0 Å². The van der Waals surface area contributed by atoms with Crippen LogP contribution < -0.4 is 4.90 Å². The summed E-state index contributed by atoms with van der Waals surface area (Å²) < 4.78 is 2.37. The third-order valence-electron chi connectivity index (χ3n) is 5.70. The molecule has 1 aliphatic rings. The number of hydrogen-bond acceptors (Lipinski definition) is 4. The number of anilines is 1. The molecule has 0 unspecified atom stereocenters. The first kappa shape index (κ1) is 18.9. The number of imidazole rings is 1. The molecule has 1 atom stereocenters. The number of piperidine rings is 1. The Morgan fingerprint density at radius 1 is 1.21 bits per heavy atom. The summed E-state index contributed by atoms with van der Waals surface area (Å²) in [5, 5.41) is 1.25. The van der Waals surface area contributed by atoms with E-state index in [1.165, 1.54) is 29.7 Å². The van der Waals surface area contributed by atoms with Gasteiger partial charge in [0.2, 0.25) is 0 Å². The molecule has 28 heavy (non-hydrogen) atoms. The normalized spacial score (nSPS) is 17.6. The van der Waals surface area contributed by atoms with Gasteiger partial charge in [-0.3, -0.25) is 4.98 Å². The van der Waals surface area contributed by atoms with E-state index < -0.39 is 0 Å². The lowest BCUT2D eigenvalue weighted by Gasteiger charge is -2.35. The molecule has 2 aromatic heterocycles. The van der Waals surface area contributed by atoms with Crippen LogP contribution in [-0.4, -0.2) is 53.2 Å². The Labute approximate surface area is 168 Å². The Hall–Kier alpha value is -2.40. The molecule has 148 valence electrons. The zero-order valence-electron chi connectivity index (χ0n) is 17.3. The van der Waals surface area contributed by atoms with Crippen LogP contribution in [0.3, 0.4) is 0 Å². The average Bonchev–Trinajstić information content (AvgIpc) is 3.15. The van der Waals surface area contributed by atoms with E-state index in [0.29, 0.717) is 5.92 Å². The van der Waals surface area contributed by atoms with Gasteiger partial charge in [-0.15, -0.1) is 0 Å². The maximum Gasteiger partial charge on any atom is 0.113 e. The van der Waals surface area contributed by atoms with Gasteiger partial charge in [-0.2, -0.15) is 0 Å². The molecular formula is C23H31N5. The summed E-state index contributed by atoms with van der Waals surface area (Å²) in [5.41, 5.74) is 3.49. The van der Waals surface area contributed by atoms with Crippen LogP contribution in [0.4, 0.5) is 5.69 Å². The lowest BCUT2D eigenvalue weighted by Crippen LogP contribution is -2.35. The van der Waals surface area contributed by atoms with Crippen molar-refractivity contribution < 1.29 is 0 Å². The fourth-order valence-electron chi connectivity index (χ4n) is 4.38.